The highest BCUT2D eigenvalue weighted by Gasteiger charge is 2.26. The lowest BCUT2D eigenvalue weighted by molar-refractivity contribution is 0.0598. The van der Waals surface area contributed by atoms with Gasteiger partial charge in [-0.05, 0) is 26.3 Å². The van der Waals surface area contributed by atoms with Crippen LogP contribution in [0.25, 0.3) is 0 Å². The summed E-state index contributed by atoms with van der Waals surface area (Å²) in [5.74, 6) is 0. The Hall–Kier alpha value is -0.900. The first kappa shape index (κ1) is 14.5. The Labute approximate surface area is 117 Å². The Balaban J connectivity index is 1.83. The first-order valence-electron chi connectivity index (χ1n) is 7.25. The van der Waals surface area contributed by atoms with Crippen molar-refractivity contribution in [2.24, 2.45) is 5.73 Å². The van der Waals surface area contributed by atoms with E-state index >= 15 is 0 Å². The largest absolute Gasteiger partial charge is 0.323 e. The molecule has 1 aromatic rings. The van der Waals surface area contributed by atoms with Gasteiger partial charge in [0.1, 0.15) is 0 Å². The summed E-state index contributed by atoms with van der Waals surface area (Å²) in [6.07, 6.45) is 0. The zero-order valence-electron chi connectivity index (χ0n) is 12.5. The zero-order valence-corrected chi connectivity index (χ0v) is 12.5. The molecule has 106 valence electrons. The highest BCUT2D eigenvalue weighted by atomic mass is 15.3. The Morgan fingerprint density at radius 3 is 2.16 bits per heavy atom. The third kappa shape index (κ3) is 4.03. The van der Waals surface area contributed by atoms with E-state index in [9.17, 15) is 0 Å². The number of benzene rings is 1. The van der Waals surface area contributed by atoms with E-state index in [1.807, 2.05) is 6.07 Å². The summed E-state index contributed by atoms with van der Waals surface area (Å²) in [6, 6.07) is 10.5. The van der Waals surface area contributed by atoms with Crippen LogP contribution in [0.15, 0.2) is 30.3 Å². The van der Waals surface area contributed by atoms with Gasteiger partial charge >= 0.3 is 0 Å². The molecule has 1 aromatic carbocycles. The molecule has 0 aromatic heterocycles. The van der Waals surface area contributed by atoms with Crippen LogP contribution in [0.2, 0.25) is 0 Å². The van der Waals surface area contributed by atoms with Crippen LogP contribution in [0.4, 0.5) is 0 Å². The molecule has 0 spiro atoms. The van der Waals surface area contributed by atoms with Crippen LogP contribution in [0.1, 0.15) is 32.4 Å². The van der Waals surface area contributed by atoms with Gasteiger partial charge in [-0.15, -0.1) is 0 Å². The van der Waals surface area contributed by atoms with E-state index in [2.05, 4.69) is 54.8 Å². The highest BCUT2D eigenvalue weighted by molar-refractivity contribution is 5.18. The summed E-state index contributed by atoms with van der Waals surface area (Å²) >= 11 is 0. The molecule has 3 heteroatoms. The summed E-state index contributed by atoms with van der Waals surface area (Å²) in [4.78, 5) is 5.04. The minimum absolute atomic E-state index is 0.127. The number of nitrogens with zero attached hydrogens (tertiary/aromatic N) is 2. The maximum absolute atomic E-state index is 6.29. The molecular formula is C16H27N3. The molecule has 3 nitrogen and oxygen atoms in total. The van der Waals surface area contributed by atoms with Gasteiger partial charge in [0, 0.05) is 44.3 Å². The van der Waals surface area contributed by atoms with E-state index in [4.69, 9.17) is 5.73 Å². The molecule has 1 fully saturated rings. The molecule has 1 aliphatic rings. The van der Waals surface area contributed by atoms with Crippen molar-refractivity contribution >= 4 is 0 Å². The topological polar surface area (TPSA) is 32.5 Å². The van der Waals surface area contributed by atoms with Crippen molar-refractivity contribution in [2.75, 3.05) is 32.7 Å². The zero-order chi connectivity index (χ0) is 13.9. The molecule has 1 aliphatic heterocycles. The summed E-state index contributed by atoms with van der Waals surface area (Å²) < 4.78 is 0. The summed E-state index contributed by atoms with van der Waals surface area (Å²) in [6.45, 7) is 12.4. The second-order valence-corrected chi connectivity index (χ2v) is 6.48. The number of nitrogens with two attached hydrogens (primary N) is 1. The lowest BCUT2D eigenvalue weighted by Crippen LogP contribution is -2.54. The molecular weight excluding hydrogens is 234 g/mol. The fourth-order valence-electron chi connectivity index (χ4n) is 2.69. The van der Waals surface area contributed by atoms with Crippen LogP contribution in [-0.4, -0.2) is 48.1 Å². The fraction of sp³-hybridized carbons (Fsp3) is 0.625. The van der Waals surface area contributed by atoms with Gasteiger partial charge in [-0.2, -0.15) is 0 Å². The van der Waals surface area contributed by atoms with Crippen LogP contribution in [0.3, 0.4) is 0 Å². The molecule has 1 unspecified atom stereocenters. The van der Waals surface area contributed by atoms with Gasteiger partial charge in [-0.1, -0.05) is 30.3 Å². The van der Waals surface area contributed by atoms with Crippen molar-refractivity contribution in [3.05, 3.63) is 35.9 Å². The molecule has 0 bridgehead atoms. The van der Waals surface area contributed by atoms with Gasteiger partial charge in [-0.25, -0.2) is 0 Å². The van der Waals surface area contributed by atoms with E-state index in [0.717, 1.165) is 32.7 Å². The smallest absolute Gasteiger partial charge is 0.0424 e. The van der Waals surface area contributed by atoms with Crippen molar-refractivity contribution in [1.29, 1.82) is 0 Å². The van der Waals surface area contributed by atoms with Crippen LogP contribution in [-0.2, 0) is 0 Å². The molecule has 1 atom stereocenters. The molecule has 2 rings (SSSR count). The third-order valence-corrected chi connectivity index (χ3v) is 4.00. The van der Waals surface area contributed by atoms with Gasteiger partial charge < -0.3 is 5.73 Å². The van der Waals surface area contributed by atoms with Crippen molar-refractivity contribution in [1.82, 2.24) is 9.80 Å². The van der Waals surface area contributed by atoms with Crippen molar-refractivity contribution in [2.45, 2.75) is 32.4 Å². The Bertz CT molecular complexity index is 375. The number of hydrogen-bond donors (Lipinski definition) is 1. The van der Waals surface area contributed by atoms with Gasteiger partial charge in [-0.3, -0.25) is 9.80 Å². The average molecular weight is 261 g/mol. The molecule has 19 heavy (non-hydrogen) atoms. The lowest BCUT2D eigenvalue weighted by atomic mass is 10.0. The standard InChI is InChI=1S/C16H27N3/c1-16(2,3)19-11-9-18(10-12-19)13-15(17)14-7-5-4-6-8-14/h4-8,15H,9-13,17H2,1-3H3. The van der Waals surface area contributed by atoms with Gasteiger partial charge in [0.15, 0.2) is 0 Å². The minimum Gasteiger partial charge on any atom is -0.323 e. The summed E-state index contributed by atoms with van der Waals surface area (Å²) in [7, 11) is 0. The first-order valence-corrected chi connectivity index (χ1v) is 7.25. The van der Waals surface area contributed by atoms with Gasteiger partial charge in [0.25, 0.3) is 0 Å². The molecule has 1 saturated heterocycles. The number of hydrogen-bond acceptors (Lipinski definition) is 3. The Kier molecular flexibility index (Phi) is 4.61. The predicted octanol–water partition coefficient (Wildman–Crippen LogP) is 2.10. The first-order chi connectivity index (χ1) is 8.97. The normalized spacial score (nSPS) is 20.4. The van der Waals surface area contributed by atoms with Gasteiger partial charge in [0.05, 0.1) is 0 Å². The molecule has 0 saturated carbocycles. The number of rotatable bonds is 3. The summed E-state index contributed by atoms with van der Waals surface area (Å²) in [5.41, 5.74) is 7.81. The third-order valence-electron chi connectivity index (χ3n) is 4.00. The van der Waals surface area contributed by atoms with Gasteiger partial charge in [0.2, 0.25) is 0 Å². The minimum atomic E-state index is 0.127. The molecule has 2 N–H and O–H groups in total. The van der Waals surface area contributed by atoms with E-state index in [-0.39, 0.29) is 11.6 Å². The number of piperazine rings is 1. The van der Waals surface area contributed by atoms with Crippen molar-refractivity contribution in [3.8, 4) is 0 Å². The van der Waals surface area contributed by atoms with Crippen molar-refractivity contribution in [3.63, 3.8) is 0 Å². The SMILES string of the molecule is CC(C)(C)N1CCN(CC(N)c2ccccc2)CC1. The van der Waals surface area contributed by atoms with E-state index in [0.29, 0.717) is 0 Å². The molecule has 0 aliphatic carbocycles. The Morgan fingerprint density at radius 2 is 1.63 bits per heavy atom. The van der Waals surface area contributed by atoms with Crippen molar-refractivity contribution < 1.29 is 0 Å². The van der Waals surface area contributed by atoms with Crippen LogP contribution in [0, 0.1) is 0 Å². The second-order valence-electron chi connectivity index (χ2n) is 6.48. The summed E-state index contributed by atoms with van der Waals surface area (Å²) in [5, 5.41) is 0. The molecule has 0 amide bonds. The average Bonchev–Trinajstić information content (AvgIpc) is 2.39. The maximum Gasteiger partial charge on any atom is 0.0424 e. The fourth-order valence-corrected chi connectivity index (χ4v) is 2.69. The quantitative estimate of drug-likeness (QED) is 0.904. The lowest BCUT2D eigenvalue weighted by Gasteiger charge is -2.42. The highest BCUT2D eigenvalue weighted by Crippen LogP contribution is 2.17. The maximum atomic E-state index is 6.29. The molecule has 1 heterocycles. The molecule has 0 radical (unpaired) electrons. The second kappa shape index (κ2) is 6.04. The predicted molar refractivity (Wildman–Crippen MR) is 81.1 cm³/mol. The van der Waals surface area contributed by atoms with Crippen LogP contribution >= 0.6 is 0 Å². The van der Waals surface area contributed by atoms with E-state index in [1.165, 1.54) is 5.56 Å². The van der Waals surface area contributed by atoms with E-state index < -0.39 is 0 Å². The van der Waals surface area contributed by atoms with Crippen LogP contribution in [0.5, 0.6) is 0 Å². The Morgan fingerprint density at radius 1 is 1.05 bits per heavy atom. The van der Waals surface area contributed by atoms with E-state index in [1.54, 1.807) is 0 Å². The van der Waals surface area contributed by atoms with Crippen LogP contribution < -0.4 is 5.73 Å². The monoisotopic (exact) mass is 261 g/mol.